The van der Waals surface area contributed by atoms with Crippen LogP contribution in [0.1, 0.15) is 32.3 Å². The maximum Gasteiger partial charge on any atom is 0.191 e. The summed E-state index contributed by atoms with van der Waals surface area (Å²) in [7, 11) is 1.71. The van der Waals surface area contributed by atoms with Gasteiger partial charge in [0, 0.05) is 19.1 Å². The molecule has 4 heteroatoms. The van der Waals surface area contributed by atoms with Gasteiger partial charge in [0.25, 0.3) is 0 Å². The third-order valence-electron chi connectivity index (χ3n) is 3.80. The van der Waals surface area contributed by atoms with Crippen molar-refractivity contribution in [3.63, 3.8) is 0 Å². The molecule has 2 rings (SSSR count). The predicted octanol–water partition coefficient (Wildman–Crippen LogP) is 2.59. The van der Waals surface area contributed by atoms with E-state index in [1.54, 1.807) is 7.11 Å². The predicted molar refractivity (Wildman–Crippen MR) is 88.0 cm³/mol. The molecule has 1 aromatic rings. The lowest BCUT2D eigenvalue weighted by Crippen LogP contribution is -2.39. The van der Waals surface area contributed by atoms with Crippen molar-refractivity contribution in [3.05, 3.63) is 29.8 Å². The number of hydrogen-bond donors (Lipinski definition) is 2. The van der Waals surface area contributed by atoms with E-state index >= 15 is 0 Å². The summed E-state index contributed by atoms with van der Waals surface area (Å²) in [6.45, 7) is 6.12. The van der Waals surface area contributed by atoms with Crippen molar-refractivity contribution in [2.45, 2.75) is 39.2 Å². The van der Waals surface area contributed by atoms with Crippen LogP contribution in [-0.2, 0) is 6.42 Å². The SMILES string of the molecule is CCNC(=NCCCc1cccc(OC)c1)NC1CC1C. The number of nitrogens with zero attached hydrogens (tertiary/aromatic N) is 1. The van der Waals surface area contributed by atoms with Crippen LogP contribution < -0.4 is 15.4 Å². The van der Waals surface area contributed by atoms with Crippen molar-refractivity contribution in [2.75, 3.05) is 20.2 Å². The second kappa shape index (κ2) is 7.91. The van der Waals surface area contributed by atoms with Crippen LogP contribution in [0.25, 0.3) is 0 Å². The van der Waals surface area contributed by atoms with Crippen LogP contribution in [0.2, 0.25) is 0 Å². The number of nitrogens with one attached hydrogen (secondary N) is 2. The molecule has 0 aromatic heterocycles. The summed E-state index contributed by atoms with van der Waals surface area (Å²) in [5.41, 5.74) is 1.30. The molecule has 0 aliphatic heterocycles. The Bertz CT molecular complexity index is 473. The summed E-state index contributed by atoms with van der Waals surface area (Å²) in [5.74, 6) is 2.66. The van der Waals surface area contributed by atoms with Gasteiger partial charge in [-0.15, -0.1) is 0 Å². The second-order valence-electron chi connectivity index (χ2n) is 5.68. The molecule has 21 heavy (non-hydrogen) atoms. The molecule has 2 atom stereocenters. The fourth-order valence-electron chi connectivity index (χ4n) is 2.32. The minimum Gasteiger partial charge on any atom is -0.497 e. The Morgan fingerprint density at radius 2 is 2.24 bits per heavy atom. The molecular formula is C17H27N3O. The van der Waals surface area contributed by atoms with Crippen LogP contribution in [0.3, 0.4) is 0 Å². The molecule has 0 saturated heterocycles. The molecular weight excluding hydrogens is 262 g/mol. The van der Waals surface area contributed by atoms with Crippen molar-refractivity contribution < 1.29 is 4.74 Å². The van der Waals surface area contributed by atoms with E-state index in [2.05, 4.69) is 41.6 Å². The molecule has 0 amide bonds. The largest absolute Gasteiger partial charge is 0.497 e. The molecule has 1 fully saturated rings. The minimum atomic E-state index is 0.612. The minimum absolute atomic E-state index is 0.612. The van der Waals surface area contributed by atoms with E-state index in [1.165, 1.54) is 12.0 Å². The van der Waals surface area contributed by atoms with Crippen molar-refractivity contribution in [2.24, 2.45) is 10.9 Å². The van der Waals surface area contributed by atoms with Crippen molar-refractivity contribution >= 4 is 5.96 Å². The lowest BCUT2D eigenvalue weighted by atomic mass is 10.1. The summed E-state index contributed by atoms with van der Waals surface area (Å²) in [6, 6.07) is 8.87. The molecule has 1 aromatic carbocycles. The van der Waals surface area contributed by atoms with Crippen LogP contribution in [0.5, 0.6) is 5.75 Å². The van der Waals surface area contributed by atoms with Gasteiger partial charge in [-0.1, -0.05) is 19.1 Å². The van der Waals surface area contributed by atoms with Gasteiger partial charge in [0.05, 0.1) is 7.11 Å². The van der Waals surface area contributed by atoms with E-state index in [9.17, 15) is 0 Å². The van der Waals surface area contributed by atoms with Gasteiger partial charge in [-0.05, 0) is 49.8 Å². The zero-order valence-electron chi connectivity index (χ0n) is 13.4. The van der Waals surface area contributed by atoms with E-state index in [4.69, 9.17) is 4.74 Å². The normalized spacial score (nSPS) is 21.0. The lowest BCUT2D eigenvalue weighted by molar-refractivity contribution is 0.414. The van der Waals surface area contributed by atoms with Gasteiger partial charge in [-0.3, -0.25) is 4.99 Å². The zero-order valence-corrected chi connectivity index (χ0v) is 13.4. The smallest absolute Gasteiger partial charge is 0.191 e. The van der Waals surface area contributed by atoms with Gasteiger partial charge < -0.3 is 15.4 Å². The van der Waals surface area contributed by atoms with Crippen LogP contribution in [0, 0.1) is 5.92 Å². The van der Waals surface area contributed by atoms with Gasteiger partial charge in [-0.2, -0.15) is 0 Å². The van der Waals surface area contributed by atoms with Gasteiger partial charge in [0.1, 0.15) is 5.75 Å². The van der Waals surface area contributed by atoms with Gasteiger partial charge >= 0.3 is 0 Å². The summed E-state index contributed by atoms with van der Waals surface area (Å²) in [4.78, 5) is 4.65. The highest BCUT2D eigenvalue weighted by molar-refractivity contribution is 5.80. The number of aryl methyl sites for hydroxylation is 1. The molecule has 1 saturated carbocycles. The number of aliphatic imine (C=N–C) groups is 1. The Balaban J connectivity index is 1.76. The highest BCUT2D eigenvalue weighted by atomic mass is 16.5. The third kappa shape index (κ3) is 5.29. The van der Waals surface area contributed by atoms with Crippen LogP contribution in [-0.4, -0.2) is 32.2 Å². The molecule has 0 bridgehead atoms. The first-order valence-corrected chi connectivity index (χ1v) is 7.90. The first-order chi connectivity index (χ1) is 10.2. The van der Waals surface area contributed by atoms with Gasteiger partial charge in [-0.25, -0.2) is 0 Å². The first kappa shape index (κ1) is 15.7. The van der Waals surface area contributed by atoms with Crippen LogP contribution >= 0.6 is 0 Å². The number of guanidine groups is 1. The lowest BCUT2D eigenvalue weighted by Gasteiger charge is -2.10. The first-order valence-electron chi connectivity index (χ1n) is 7.90. The van der Waals surface area contributed by atoms with Crippen molar-refractivity contribution in [1.29, 1.82) is 0 Å². The highest BCUT2D eigenvalue weighted by Gasteiger charge is 2.33. The van der Waals surface area contributed by atoms with E-state index < -0.39 is 0 Å². The van der Waals surface area contributed by atoms with Crippen molar-refractivity contribution in [1.82, 2.24) is 10.6 Å². The monoisotopic (exact) mass is 289 g/mol. The van der Waals surface area contributed by atoms with Crippen molar-refractivity contribution in [3.8, 4) is 5.75 Å². The molecule has 0 spiro atoms. The fraction of sp³-hybridized carbons (Fsp3) is 0.588. The molecule has 116 valence electrons. The zero-order chi connectivity index (χ0) is 15.1. The quantitative estimate of drug-likeness (QED) is 0.461. The summed E-state index contributed by atoms with van der Waals surface area (Å²) >= 11 is 0. The summed E-state index contributed by atoms with van der Waals surface area (Å²) < 4.78 is 5.24. The topological polar surface area (TPSA) is 45.7 Å². The molecule has 2 unspecified atom stereocenters. The molecule has 1 aliphatic carbocycles. The Morgan fingerprint density at radius 1 is 1.43 bits per heavy atom. The Morgan fingerprint density at radius 3 is 2.90 bits per heavy atom. The highest BCUT2D eigenvalue weighted by Crippen LogP contribution is 2.28. The van der Waals surface area contributed by atoms with E-state index in [0.29, 0.717) is 6.04 Å². The second-order valence-corrected chi connectivity index (χ2v) is 5.68. The third-order valence-corrected chi connectivity index (χ3v) is 3.80. The average molecular weight is 289 g/mol. The number of hydrogen-bond acceptors (Lipinski definition) is 2. The van der Waals surface area contributed by atoms with Gasteiger partial charge in [0.15, 0.2) is 5.96 Å². The fourth-order valence-corrected chi connectivity index (χ4v) is 2.32. The number of methoxy groups -OCH3 is 1. The van der Waals surface area contributed by atoms with Crippen LogP contribution in [0.4, 0.5) is 0 Å². The molecule has 2 N–H and O–H groups in total. The van der Waals surface area contributed by atoms with E-state index in [0.717, 1.165) is 43.6 Å². The van der Waals surface area contributed by atoms with Gasteiger partial charge in [0.2, 0.25) is 0 Å². The maximum atomic E-state index is 5.24. The number of benzene rings is 1. The maximum absolute atomic E-state index is 5.24. The summed E-state index contributed by atoms with van der Waals surface area (Å²) in [6.07, 6.45) is 3.33. The Kier molecular flexibility index (Phi) is 5.90. The molecule has 0 radical (unpaired) electrons. The number of ether oxygens (including phenoxy) is 1. The molecule has 4 nitrogen and oxygen atoms in total. The average Bonchev–Trinajstić information content (AvgIpc) is 3.19. The molecule has 1 aliphatic rings. The standard InChI is InChI=1S/C17H27N3O/c1-4-18-17(20-16-11-13(16)2)19-10-6-8-14-7-5-9-15(12-14)21-3/h5,7,9,12-13,16H,4,6,8,10-11H2,1-3H3,(H2,18,19,20). The van der Waals surface area contributed by atoms with Crippen LogP contribution in [0.15, 0.2) is 29.3 Å². The summed E-state index contributed by atoms with van der Waals surface area (Å²) in [5, 5.41) is 6.79. The number of rotatable bonds is 7. The van der Waals surface area contributed by atoms with E-state index in [-0.39, 0.29) is 0 Å². The molecule has 0 heterocycles. The Labute approximate surface area is 128 Å². The van der Waals surface area contributed by atoms with E-state index in [1.807, 2.05) is 12.1 Å². The Hall–Kier alpha value is -1.71.